The Hall–Kier alpha value is -1.69. The van der Waals surface area contributed by atoms with E-state index < -0.39 is 24.3 Å². The second-order valence-electron chi connectivity index (χ2n) is 7.03. The minimum Gasteiger partial charge on any atom is -0.481 e. The van der Waals surface area contributed by atoms with Crippen LogP contribution in [0.5, 0.6) is 0 Å². The van der Waals surface area contributed by atoms with Crippen molar-refractivity contribution in [3.05, 3.63) is 48.6 Å². The number of aliphatic hydroxyl groups is 3. The molecule has 1 fully saturated rings. The van der Waals surface area contributed by atoms with Crippen molar-refractivity contribution in [1.82, 2.24) is 0 Å². The van der Waals surface area contributed by atoms with E-state index in [1.807, 2.05) is 12.2 Å². The standard InChI is InChI=1S/C22H34O5/c1-2-3-4-5-6-7-8-9-10-11-17(23)12-13-18-19(14-15-22(26)27)21(25)16-20(18)24/h3-4,6-7,9-10,12-13,17-21,23-25H,2,5,8,11,14-16H2,1H3,(H,26,27)/b4-3-,7-6+,10-9-,13-12+/t17-,18-,19+,20+,21-/m1/s1. The fourth-order valence-electron chi connectivity index (χ4n) is 3.35. The summed E-state index contributed by atoms with van der Waals surface area (Å²) in [7, 11) is 0. The van der Waals surface area contributed by atoms with Gasteiger partial charge in [0.2, 0.25) is 0 Å². The van der Waals surface area contributed by atoms with E-state index in [2.05, 4.69) is 31.2 Å². The second-order valence-corrected chi connectivity index (χ2v) is 7.03. The zero-order valence-electron chi connectivity index (χ0n) is 16.2. The average molecular weight is 379 g/mol. The molecule has 1 rings (SSSR count). The number of aliphatic hydroxyl groups excluding tert-OH is 3. The molecule has 0 heterocycles. The van der Waals surface area contributed by atoms with Gasteiger partial charge in [-0.05, 0) is 38.0 Å². The number of rotatable bonds is 12. The fraction of sp³-hybridized carbons (Fsp3) is 0.591. The quantitative estimate of drug-likeness (QED) is 0.390. The molecule has 0 radical (unpaired) electrons. The average Bonchev–Trinajstić information content (AvgIpc) is 2.89. The molecule has 0 aromatic carbocycles. The molecule has 0 aromatic heterocycles. The van der Waals surface area contributed by atoms with Crippen molar-refractivity contribution in [3.63, 3.8) is 0 Å². The van der Waals surface area contributed by atoms with E-state index >= 15 is 0 Å². The maximum atomic E-state index is 10.8. The van der Waals surface area contributed by atoms with E-state index in [4.69, 9.17) is 5.11 Å². The smallest absolute Gasteiger partial charge is 0.303 e. The summed E-state index contributed by atoms with van der Waals surface area (Å²) in [6, 6.07) is 0. The first-order valence-electron chi connectivity index (χ1n) is 9.85. The first kappa shape index (κ1) is 23.3. The molecule has 0 bridgehead atoms. The van der Waals surface area contributed by atoms with Crippen molar-refractivity contribution >= 4 is 5.97 Å². The summed E-state index contributed by atoms with van der Waals surface area (Å²) < 4.78 is 0. The molecule has 4 N–H and O–H groups in total. The van der Waals surface area contributed by atoms with Crippen LogP contribution in [0.3, 0.4) is 0 Å². The first-order valence-corrected chi connectivity index (χ1v) is 9.85. The molecule has 5 nitrogen and oxygen atoms in total. The summed E-state index contributed by atoms with van der Waals surface area (Å²) in [5, 5.41) is 39.0. The van der Waals surface area contributed by atoms with Crippen LogP contribution < -0.4 is 0 Å². The molecule has 5 atom stereocenters. The summed E-state index contributed by atoms with van der Waals surface area (Å²) >= 11 is 0. The largest absolute Gasteiger partial charge is 0.481 e. The molecule has 0 aromatic rings. The van der Waals surface area contributed by atoms with Gasteiger partial charge in [0, 0.05) is 18.8 Å². The van der Waals surface area contributed by atoms with Gasteiger partial charge >= 0.3 is 5.97 Å². The molecule has 152 valence electrons. The number of hydrogen-bond donors (Lipinski definition) is 4. The van der Waals surface area contributed by atoms with Crippen molar-refractivity contribution in [1.29, 1.82) is 0 Å². The lowest BCUT2D eigenvalue weighted by molar-refractivity contribution is -0.137. The first-order chi connectivity index (χ1) is 13.0. The lowest BCUT2D eigenvalue weighted by Gasteiger charge is -2.20. The fourth-order valence-corrected chi connectivity index (χ4v) is 3.35. The SMILES string of the molecule is CC/C=C\C/C=C/C/C=C\C[C@@H](O)/C=C/[C@@H]1[C@H](CCC(=O)O)[C@H](O)C[C@@H]1O. The lowest BCUT2D eigenvalue weighted by atomic mass is 9.88. The molecular weight excluding hydrogens is 344 g/mol. The molecule has 1 saturated carbocycles. The number of carbonyl (C=O) groups is 1. The van der Waals surface area contributed by atoms with Gasteiger partial charge in [0.25, 0.3) is 0 Å². The summed E-state index contributed by atoms with van der Waals surface area (Å²) in [5.74, 6) is -1.52. The normalized spacial score (nSPS) is 27.6. The van der Waals surface area contributed by atoms with Crippen LogP contribution in [-0.4, -0.2) is 44.7 Å². The lowest BCUT2D eigenvalue weighted by Crippen LogP contribution is -2.22. The van der Waals surface area contributed by atoms with Gasteiger partial charge in [-0.15, -0.1) is 0 Å². The Morgan fingerprint density at radius 3 is 2.30 bits per heavy atom. The van der Waals surface area contributed by atoms with Crippen molar-refractivity contribution in [2.75, 3.05) is 0 Å². The van der Waals surface area contributed by atoms with E-state index in [1.54, 1.807) is 12.2 Å². The number of hydrogen-bond acceptors (Lipinski definition) is 4. The monoisotopic (exact) mass is 378 g/mol. The van der Waals surface area contributed by atoms with Gasteiger partial charge in [-0.25, -0.2) is 0 Å². The molecule has 1 aliphatic carbocycles. The molecule has 0 saturated heterocycles. The van der Waals surface area contributed by atoms with Crippen LogP contribution in [0.15, 0.2) is 48.6 Å². The Bertz CT molecular complexity index is 535. The van der Waals surface area contributed by atoms with Crippen molar-refractivity contribution in [2.24, 2.45) is 11.8 Å². The van der Waals surface area contributed by atoms with Gasteiger partial charge in [-0.3, -0.25) is 4.79 Å². The summed E-state index contributed by atoms with van der Waals surface area (Å²) in [6.07, 6.45) is 17.5. The Morgan fingerprint density at radius 2 is 1.67 bits per heavy atom. The number of carboxylic acid groups (broad SMARTS) is 1. The van der Waals surface area contributed by atoms with Crippen molar-refractivity contribution in [3.8, 4) is 0 Å². The van der Waals surface area contributed by atoms with Crippen LogP contribution in [0.2, 0.25) is 0 Å². The van der Waals surface area contributed by atoms with Gasteiger partial charge in [-0.2, -0.15) is 0 Å². The molecular formula is C22H34O5. The van der Waals surface area contributed by atoms with Gasteiger partial charge in [-0.1, -0.05) is 55.5 Å². The van der Waals surface area contributed by atoms with Crippen LogP contribution in [0.25, 0.3) is 0 Å². The summed E-state index contributed by atoms with van der Waals surface area (Å²) in [5.41, 5.74) is 0. The van der Waals surface area contributed by atoms with E-state index in [9.17, 15) is 20.1 Å². The third kappa shape index (κ3) is 9.70. The van der Waals surface area contributed by atoms with Gasteiger partial charge in [0.1, 0.15) is 0 Å². The maximum Gasteiger partial charge on any atom is 0.303 e. The Morgan fingerprint density at radius 1 is 1.04 bits per heavy atom. The van der Waals surface area contributed by atoms with Crippen LogP contribution in [0.1, 0.15) is 51.9 Å². The van der Waals surface area contributed by atoms with Gasteiger partial charge < -0.3 is 20.4 Å². The van der Waals surface area contributed by atoms with Crippen LogP contribution in [0.4, 0.5) is 0 Å². The minimum absolute atomic E-state index is 0.0359. The van der Waals surface area contributed by atoms with E-state index in [0.717, 1.165) is 19.3 Å². The third-order valence-corrected chi connectivity index (χ3v) is 4.82. The second kappa shape index (κ2) is 13.5. The van der Waals surface area contributed by atoms with Crippen LogP contribution in [0, 0.1) is 11.8 Å². The van der Waals surface area contributed by atoms with Crippen molar-refractivity contribution in [2.45, 2.75) is 70.2 Å². The van der Waals surface area contributed by atoms with Crippen molar-refractivity contribution < 1.29 is 25.2 Å². The topological polar surface area (TPSA) is 98.0 Å². The highest BCUT2D eigenvalue weighted by Crippen LogP contribution is 2.36. The molecule has 0 amide bonds. The molecule has 5 heteroatoms. The van der Waals surface area contributed by atoms with Crippen LogP contribution in [-0.2, 0) is 4.79 Å². The summed E-state index contributed by atoms with van der Waals surface area (Å²) in [4.78, 5) is 10.8. The highest BCUT2D eigenvalue weighted by molar-refractivity contribution is 5.66. The number of aliphatic carboxylic acids is 1. The molecule has 0 unspecified atom stereocenters. The van der Waals surface area contributed by atoms with Gasteiger partial charge in [0.15, 0.2) is 0 Å². The third-order valence-electron chi connectivity index (χ3n) is 4.82. The summed E-state index contributed by atoms with van der Waals surface area (Å²) in [6.45, 7) is 2.11. The number of carboxylic acids is 1. The zero-order chi connectivity index (χ0) is 20.1. The molecule has 1 aliphatic rings. The molecule has 0 spiro atoms. The minimum atomic E-state index is -0.910. The predicted molar refractivity (Wildman–Crippen MR) is 107 cm³/mol. The molecule has 27 heavy (non-hydrogen) atoms. The van der Waals surface area contributed by atoms with Crippen LogP contribution >= 0.6 is 0 Å². The van der Waals surface area contributed by atoms with E-state index in [0.29, 0.717) is 12.8 Å². The van der Waals surface area contributed by atoms with E-state index in [1.165, 1.54) is 0 Å². The highest BCUT2D eigenvalue weighted by atomic mass is 16.4. The van der Waals surface area contributed by atoms with E-state index in [-0.39, 0.29) is 24.7 Å². The maximum absolute atomic E-state index is 10.8. The van der Waals surface area contributed by atoms with Gasteiger partial charge in [0.05, 0.1) is 18.3 Å². The Balaban J connectivity index is 2.39. The Labute approximate surface area is 162 Å². The molecule has 0 aliphatic heterocycles. The predicted octanol–water partition coefficient (Wildman–Crippen LogP) is 3.38. The number of allylic oxidation sites excluding steroid dienone is 5. The Kier molecular flexibility index (Phi) is 11.7. The highest BCUT2D eigenvalue weighted by Gasteiger charge is 2.40. The zero-order valence-corrected chi connectivity index (χ0v) is 16.2.